The molecule has 0 aliphatic carbocycles. The van der Waals surface area contributed by atoms with Crippen molar-refractivity contribution >= 4 is 22.6 Å². The number of carboxylic acids is 1. The number of hydrogen-bond acceptors (Lipinski definition) is 4. The molecular formula is C17H20AgFN3O3. The van der Waals surface area contributed by atoms with Crippen LogP contribution in [0.5, 0.6) is 0 Å². The molecular weight excluding hydrogens is 421 g/mol. The van der Waals surface area contributed by atoms with Gasteiger partial charge in [0.05, 0.1) is 11.2 Å². The third-order valence-corrected chi connectivity index (χ3v) is 4.56. The van der Waals surface area contributed by atoms with E-state index in [1.54, 1.807) is 10.6 Å². The topological polar surface area (TPSA) is 65.8 Å². The van der Waals surface area contributed by atoms with Gasteiger partial charge in [-0.15, -0.1) is 0 Å². The van der Waals surface area contributed by atoms with Crippen LogP contribution in [0, 0.1) is 5.82 Å². The van der Waals surface area contributed by atoms with Gasteiger partial charge in [0.1, 0.15) is 11.4 Å². The summed E-state index contributed by atoms with van der Waals surface area (Å²) in [6, 6.07) is 2.83. The number of carbonyl (C=O) groups is 1. The van der Waals surface area contributed by atoms with Crippen molar-refractivity contribution < 1.29 is 36.7 Å². The summed E-state index contributed by atoms with van der Waals surface area (Å²) >= 11 is 0. The first kappa shape index (κ1) is 19.7. The van der Waals surface area contributed by atoms with Crippen molar-refractivity contribution in [1.82, 2.24) is 9.47 Å². The molecule has 0 atom stereocenters. The average molecular weight is 441 g/mol. The van der Waals surface area contributed by atoms with Gasteiger partial charge in [0, 0.05) is 66.7 Å². The zero-order valence-electron chi connectivity index (χ0n) is 14.1. The quantitative estimate of drug-likeness (QED) is 0.734. The number of aromatic nitrogens is 1. The van der Waals surface area contributed by atoms with Gasteiger partial charge in [0.2, 0.25) is 5.43 Å². The molecule has 1 saturated heterocycles. The Bertz CT molecular complexity index is 860. The second-order valence-electron chi connectivity index (χ2n) is 6.07. The van der Waals surface area contributed by atoms with E-state index < -0.39 is 17.2 Å². The van der Waals surface area contributed by atoms with Crippen LogP contribution in [0.4, 0.5) is 10.1 Å². The molecule has 0 spiro atoms. The van der Waals surface area contributed by atoms with Crippen LogP contribution < -0.4 is 10.3 Å². The van der Waals surface area contributed by atoms with Crippen LogP contribution in [0.2, 0.25) is 0 Å². The van der Waals surface area contributed by atoms with Crippen LogP contribution in [0.15, 0.2) is 23.1 Å². The smallest absolute Gasteiger partial charge is 0.341 e. The minimum atomic E-state index is -1.30. The van der Waals surface area contributed by atoms with E-state index in [0.717, 1.165) is 13.1 Å². The number of rotatable bonds is 3. The van der Waals surface area contributed by atoms with Gasteiger partial charge in [-0.2, -0.15) is 0 Å². The van der Waals surface area contributed by atoms with Crippen molar-refractivity contribution in [1.29, 1.82) is 0 Å². The molecule has 1 radical (unpaired) electrons. The van der Waals surface area contributed by atoms with Gasteiger partial charge in [-0.3, -0.25) is 4.79 Å². The first-order valence-electron chi connectivity index (χ1n) is 7.96. The summed E-state index contributed by atoms with van der Waals surface area (Å²) in [5.74, 6) is -1.79. The molecule has 139 valence electrons. The number of fused-ring (bicyclic) bond motifs is 1. The molecule has 8 heteroatoms. The van der Waals surface area contributed by atoms with Crippen molar-refractivity contribution in [3.63, 3.8) is 0 Å². The molecule has 1 N–H and O–H groups in total. The van der Waals surface area contributed by atoms with Crippen molar-refractivity contribution in [2.24, 2.45) is 0 Å². The van der Waals surface area contributed by atoms with Crippen LogP contribution in [0.25, 0.3) is 10.9 Å². The minimum Gasteiger partial charge on any atom is -0.477 e. The molecule has 1 aliphatic heterocycles. The Morgan fingerprint density at radius 3 is 2.44 bits per heavy atom. The number of nitrogens with zero attached hydrogens (tertiary/aromatic N) is 3. The maximum absolute atomic E-state index is 14.6. The fourth-order valence-electron chi connectivity index (χ4n) is 3.10. The largest absolute Gasteiger partial charge is 0.477 e. The molecule has 0 saturated carbocycles. The fraction of sp³-hybridized carbons (Fsp3) is 0.412. The molecule has 1 fully saturated rings. The van der Waals surface area contributed by atoms with E-state index >= 15 is 0 Å². The number of carboxylic acid groups (broad SMARTS) is 1. The van der Waals surface area contributed by atoms with Crippen molar-refractivity contribution in [3.05, 3.63) is 39.9 Å². The van der Waals surface area contributed by atoms with Gasteiger partial charge in [-0.1, -0.05) is 0 Å². The van der Waals surface area contributed by atoms with E-state index in [1.165, 1.54) is 12.3 Å². The number of pyridine rings is 1. The van der Waals surface area contributed by atoms with Crippen molar-refractivity contribution in [2.45, 2.75) is 13.5 Å². The average Bonchev–Trinajstić information content (AvgIpc) is 2.56. The molecule has 1 aromatic carbocycles. The maximum Gasteiger partial charge on any atom is 0.341 e. The number of piperazine rings is 1. The van der Waals surface area contributed by atoms with Crippen LogP contribution >= 0.6 is 0 Å². The molecule has 6 nitrogen and oxygen atoms in total. The summed E-state index contributed by atoms with van der Waals surface area (Å²) in [7, 11) is 2.02. The SMILES string of the molecule is CCn1cc(C(=O)O)c(=O)c2cc(F)c(N3CCN(C)CC3)cc21.[Ag]. The number of halogens is 1. The van der Waals surface area contributed by atoms with Crippen molar-refractivity contribution in [3.8, 4) is 0 Å². The number of anilines is 1. The second kappa shape index (κ2) is 7.70. The van der Waals surface area contributed by atoms with Crippen molar-refractivity contribution in [2.75, 3.05) is 38.1 Å². The van der Waals surface area contributed by atoms with E-state index in [1.807, 2.05) is 18.9 Å². The van der Waals surface area contributed by atoms with E-state index in [-0.39, 0.29) is 33.3 Å². The number of hydrogen-bond donors (Lipinski definition) is 1. The zero-order chi connectivity index (χ0) is 17.4. The molecule has 2 heterocycles. The van der Waals surface area contributed by atoms with E-state index in [0.29, 0.717) is 30.8 Å². The Balaban J connectivity index is 0.00000225. The van der Waals surface area contributed by atoms with Crippen LogP contribution in [-0.2, 0) is 28.9 Å². The third kappa shape index (κ3) is 3.64. The van der Waals surface area contributed by atoms with E-state index in [2.05, 4.69) is 4.90 Å². The minimum absolute atomic E-state index is 0. The fourth-order valence-corrected chi connectivity index (χ4v) is 3.10. The van der Waals surface area contributed by atoms with Gasteiger partial charge >= 0.3 is 5.97 Å². The first-order chi connectivity index (χ1) is 11.4. The molecule has 3 rings (SSSR count). The molecule has 0 unspecified atom stereocenters. The van der Waals surface area contributed by atoms with Gasteiger partial charge in [-0.25, -0.2) is 9.18 Å². The number of benzene rings is 1. The van der Waals surface area contributed by atoms with Crippen LogP contribution in [-0.4, -0.2) is 53.8 Å². The normalized spacial score (nSPS) is 15.2. The summed E-state index contributed by atoms with van der Waals surface area (Å²) in [6.45, 7) is 5.45. The molecule has 0 bridgehead atoms. The van der Waals surface area contributed by atoms with Gasteiger partial charge in [-0.05, 0) is 26.1 Å². The Labute approximate surface area is 160 Å². The van der Waals surface area contributed by atoms with Gasteiger partial charge in [0.25, 0.3) is 0 Å². The van der Waals surface area contributed by atoms with E-state index in [4.69, 9.17) is 0 Å². The second-order valence-corrected chi connectivity index (χ2v) is 6.07. The summed E-state index contributed by atoms with van der Waals surface area (Å²) in [4.78, 5) is 27.7. The summed E-state index contributed by atoms with van der Waals surface area (Å²) < 4.78 is 16.3. The predicted molar refractivity (Wildman–Crippen MR) is 90.5 cm³/mol. The van der Waals surface area contributed by atoms with Crippen LogP contribution in [0.3, 0.4) is 0 Å². The molecule has 2 aromatic rings. The number of likely N-dealkylation sites (N-methyl/N-ethyl adjacent to an activating group) is 1. The summed E-state index contributed by atoms with van der Waals surface area (Å²) in [6.07, 6.45) is 1.33. The third-order valence-electron chi connectivity index (χ3n) is 4.56. The number of aryl methyl sites for hydroxylation is 1. The molecule has 0 amide bonds. The maximum atomic E-state index is 14.6. The van der Waals surface area contributed by atoms with E-state index in [9.17, 15) is 19.1 Å². The van der Waals surface area contributed by atoms with Gasteiger partial charge < -0.3 is 19.5 Å². The first-order valence-corrected chi connectivity index (χ1v) is 7.96. The monoisotopic (exact) mass is 440 g/mol. The number of aromatic carboxylic acids is 1. The molecule has 25 heavy (non-hydrogen) atoms. The Hall–Kier alpha value is -1.67. The summed E-state index contributed by atoms with van der Waals surface area (Å²) in [5.41, 5.74) is 0.0326. The Morgan fingerprint density at radius 2 is 1.88 bits per heavy atom. The Morgan fingerprint density at radius 1 is 1.24 bits per heavy atom. The molecule has 1 aliphatic rings. The summed E-state index contributed by atoms with van der Waals surface area (Å²) in [5, 5.41) is 9.28. The predicted octanol–water partition coefficient (Wildman–Crippen LogP) is 1.61. The molecule has 1 aromatic heterocycles. The zero-order valence-corrected chi connectivity index (χ0v) is 15.5. The Kier molecular flexibility index (Phi) is 6.05. The van der Waals surface area contributed by atoms with Gasteiger partial charge in [0.15, 0.2) is 0 Å². The van der Waals surface area contributed by atoms with Crippen LogP contribution in [0.1, 0.15) is 17.3 Å². The standard InChI is InChI=1S/C17H20FN3O3.Ag/c1-3-20-10-12(17(23)24)16(22)11-8-13(18)15(9-14(11)20)21-6-4-19(2)5-7-21;/h8-10H,3-7H2,1-2H3,(H,23,24);.